The van der Waals surface area contributed by atoms with Gasteiger partial charge in [0.25, 0.3) is 0 Å². The summed E-state index contributed by atoms with van der Waals surface area (Å²) in [5.41, 5.74) is 0.0970. The fourth-order valence-electron chi connectivity index (χ4n) is 2.75. The van der Waals surface area contributed by atoms with E-state index in [1.54, 1.807) is 24.0 Å². The molecule has 0 aromatic carbocycles. The normalized spacial score (nSPS) is 17.8. The summed E-state index contributed by atoms with van der Waals surface area (Å²) in [6.07, 6.45) is 5.94. The smallest absolute Gasteiger partial charge is 0.407 e. The number of hydrogen-bond donors (Lipinski definition) is 1. The van der Waals surface area contributed by atoms with Crippen LogP contribution in [0.1, 0.15) is 52.8 Å². The number of hydrogen-bond acceptors (Lipinski definition) is 7. The number of alkyl carbamates (subject to hydrolysis) is 1. The second-order valence-corrected chi connectivity index (χ2v) is 7.98. The van der Waals surface area contributed by atoms with Crippen LogP contribution in [0.2, 0.25) is 0 Å². The number of nitrogens with zero attached hydrogens (tertiary/aromatic N) is 4. The SMILES string of the molecule is Cc1ncn(C2=CCC([N+](=O)[O-])C=C2OCCCC(C)NC(=O)OC(C)(C)C)n1. The minimum atomic E-state index is -0.828. The first-order valence-electron chi connectivity index (χ1n) is 9.62. The van der Waals surface area contributed by atoms with Gasteiger partial charge in [-0.25, -0.2) is 14.5 Å². The van der Waals surface area contributed by atoms with Gasteiger partial charge in [0.05, 0.1) is 6.61 Å². The van der Waals surface area contributed by atoms with Crippen LogP contribution in [0.25, 0.3) is 5.70 Å². The van der Waals surface area contributed by atoms with Crippen LogP contribution in [0.15, 0.2) is 24.2 Å². The molecule has 1 aliphatic rings. The zero-order chi connectivity index (χ0) is 21.6. The number of nitro groups is 1. The van der Waals surface area contributed by atoms with Crippen LogP contribution in [-0.2, 0) is 9.47 Å². The molecule has 2 atom stereocenters. The van der Waals surface area contributed by atoms with E-state index in [1.807, 2.05) is 27.7 Å². The van der Waals surface area contributed by atoms with Gasteiger partial charge in [0.2, 0.25) is 6.04 Å². The van der Waals surface area contributed by atoms with Gasteiger partial charge >= 0.3 is 6.09 Å². The Morgan fingerprint density at radius 1 is 1.48 bits per heavy atom. The summed E-state index contributed by atoms with van der Waals surface area (Å²) in [4.78, 5) is 26.7. The molecular weight excluding hydrogens is 378 g/mol. The summed E-state index contributed by atoms with van der Waals surface area (Å²) < 4.78 is 12.6. The van der Waals surface area contributed by atoms with E-state index in [-0.39, 0.29) is 17.4 Å². The Morgan fingerprint density at radius 2 is 2.21 bits per heavy atom. The molecule has 1 amide bonds. The molecule has 0 aliphatic heterocycles. The molecule has 2 unspecified atom stereocenters. The van der Waals surface area contributed by atoms with Gasteiger partial charge in [-0.05, 0) is 53.5 Å². The number of aromatic nitrogens is 3. The van der Waals surface area contributed by atoms with Crippen LogP contribution in [0, 0.1) is 17.0 Å². The first-order chi connectivity index (χ1) is 13.5. The first-order valence-corrected chi connectivity index (χ1v) is 9.62. The fraction of sp³-hybridized carbons (Fsp3) is 0.632. The second-order valence-electron chi connectivity index (χ2n) is 7.98. The van der Waals surface area contributed by atoms with Gasteiger partial charge in [-0.1, -0.05) is 0 Å². The summed E-state index contributed by atoms with van der Waals surface area (Å²) in [5.74, 6) is 1.01. The molecule has 160 valence electrons. The highest BCUT2D eigenvalue weighted by Gasteiger charge is 2.26. The molecule has 1 N–H and O–H groups in total. The highest BCUT2D eigenvalue weighted by Crippen LogP contribution is 2.25. The van der Waals surface area contributed by atoms with Crippen molar-refractivity contribution in [2.75, 3.05) is 6.61 Å². The zero-order valence-corrected chi connectivity index (χ0v) is 17.5. The van der Waals surface area contributed by atoms with Crippen LogP contribution in [0.3, 0.4) is 0 Å². The topological polar surface area (TPSA) is 121 Å². The molecule has 0 saturated heterocycles. The summed E-state index contributed by atoms with van der Waals surface area (Å²) in [6.45, 7) is 9.43. The Morgan fingerprint density at radius 3 is 2.79 bits per heavy atom. The van der Waals surface area contributed by atoms with E-state index in [1.165, 1.54) is 6.08 Å². The predicted octanol–water partition coefficient (Wildman–Crippen LogP) is 3.07. The number of aryl methyl sites for hydroxylation is 1. The highest BCUT2D eigenvalue weighted by atomic mass is 16.6. The fourth-order valence-corrected chi connectivity index (χ4v) is 2.75. The van der Waals surface area contributed by atoms with E-state index in [0.717, 1.165) is 0 Å². The molecule has 1 aromatic rings. The van der Waals surface area contributed by atoms with Gasteiger partial charge in [-0.2, -0.15) is 5.10 Å². The summed E-state index contributed by atoms with van der Waals surface area (Å²) in [5, 5.41) is 18.2. The van der Waals surface area contributed by atoms with Gasteiger partial charge < -0.3 is 14.8 Å². The number of allylic oxidation sites excluding steroid dienone is 1. The maximum Gasteiger partial charge on any atom is 0.407 e. The van der Waals surface area contributed by atoms with E-state index >= 15 is 0 Å². The van der Waals surface area contributed by atoms with Gasteiger partial charge in [-0.3, -0.25) is 10.1 Å². The van der Waals surface area contributed by atoms with Crippen molar-refractivity contribution in [2.24, 2.45) is 0 Å². The minimum absolute atomic E-state index is 0.0895. The van der Waals surface area contributed by atoms with E-state index in [4.69, 9.17) is 9.47 Å². The van der Waals surface area contributed by atoms with Crippen molar-refractivity contribution in [3.05, 3.63) is 40.2 Å². The van der Waals surface area contributed by atoms with Crippen molar-refractivity contribution >= 4 is 11.8 Å². The van der Waals surface area contributed by atoms with Crippen molar-refractivity contribution in [3.8, 4) is 0 Å². The molecule has 1 heterocycles. The number of amides is 1. The van der Waals surface area contributed by atoms with E-state index in [9.17, 15) is 14.9 Å². The van der Waals surface area contributed by atoms with E-state index in [2.05, 4.69) is 15.4 Å². The maximum atomic E-state index is 11.8. The third kappa shape index (κ3) is 7.20. The lowest BCUT2D eigenvalue weighted by Crippen LogP contribution is -2.37. The van der Waals surface area contributed by atoms with Crippen molar-refractivity contribution in [1.82, 2.24) is 20.1 Å². The largest absolute Gasteiger partial charge is 0.491 e. The summed E-state index contributed by atoms with van der Waals surface area (Å²) >= 11 is 0. The van der Waals surface area contributed by atoms with Crippen molar-refractivity contribution in [1.29, 1.82) is 0 Å². The number of carbonyl (C=O) groups is 1. The molecule has 1 aromatic heterocycles. The third-order valence-corrected chi connectivity index (χ3v) is 4.08. The maximum absolute atomic E-state index is 11.8. The molecule has 0 radical (unpaired) electrons. The van der Waals surface area contributed by atoms with E-state index < -0.39 is 17.7 Å². The van der Waals surface area contributed by atoms with Crippen LogP contribution in [0.5, 0.6) is 0 Å². The molecule has 0 fully saturated rings. The number of rotatable bonds is 8. The second kappa shape index (κ2) is 9.53. The lowest BCUT2D eigenvalue weighted by Gasteiger charge is -2.22. The minimum Gasteiger partial charge on any atom is -0.491 e. The molecule has 10 heteroatoms. The Bertz CT molecular complexity index is 793. The Labute approximate surface area is 170 Å². The molecular formula is C19H29N5O5. The zero-order valence-electron chi connectivity index (χ0n) is 17.5. The quantitative estimate of drug-likeness (QED) is 0.399. The van der Waals surface area contributed by atoms with Gasteiger partial charge in [0.15, 0.2) is 0 Å². The highest BCUT2D eigenvalue weighted by molar-refractivity contribution is 5.68. The predicted molar refractivity (Wildman–Crippen MR) is 107 cm³/mol. The van der Waals surface area contributed by atoms with Crippen LogP contribution in [-0.4, -0.2) is 50.1 Å². The monoisotopic (exact) mass is 407 g/mol. The molecule has 0 bridgehead atoms. The molecule has 2 rings (SSSR count). The molecule has 10 nitrogen and oxygen atoms in total. The number of ether oxygens (including phenoxy) is 2. The van der Waals surface area contributed by atoms with Gasteiger partial charge in [0, 0.05) is 23.5 Å². The average Bonchev–Trinajstić information content (AvgIpc) is 3.03. The molecule has 0 spiro atoms. The summed E-state index contributed by atoms with van der Waals surface area (Å²) in [6, 6.07) is -0.917. The van der Waals surface area contributed by atoms with Crippen molar-refractivity contribution in [3.63, 3.8) is 0 Å². The average molecular weight is 407 g/mol. The standard InChI is InChI=1S/C19H29N5O5/c1-13(21-18(25)29-19(3,4)5)7-6-10-28-17-11-15(24(26)27)8-9-16(17)23-12-20-14(2)22-23/h9,11-13,15H,6-8,10H2,1-5H3,(H,21,25). The first kappa shape index (κ1) is 22.4. The van der Waals surface area contributed by atoms with Crippen molar-refractivity contribution < 1.29 is 19.2 Å². The third-order valence-electron chi connectivity index (χ3n) is 4.08. The molecule has 0 saturated carbocycles. The molecule has 1 aliphatic carbocycles. The lowest BCUT2D eigenvalue weighted by atomic mass is 10.1. The Balaban J connectivity index is 1.88. The van der Waals surface area contributed by atoms with Gasteiger partial charge in [0.1, 0.15) is 29.2 Å². The summed E-state index contributed by atoms with van der Waals surface area (Å²) in [7, 11) is 0. The lowest BCUT2D eigenvalue weighted by molar-refractivity contribution is -0.508. The number of carbonyl (C=O) groups excluding carboxylic acids is 1. The van der Waals surface area contributed by atoms with Crippen LogP contribution < -0.4 is 5.32 Å². The Hall–Kier alpha value is -2.91. The van der Waals surface area contributed by atoms with Gasteiger partial charge in [-0.15, -0.1) is 0 Å². The number of nitrogens with one attached hydrogen (secondary N) is 1. The van der Waals surface area contributed by atoms with Crippen LogP contribution in [0.4, 0.5) is 4.79 Å². The van der Waals surface area contributed by atoms with Crippen molar-refractivity contribution in [2.45, 2.75) is 71.6 Å². The van der Waals surface area contributed by atoms with E-state index in [0.29, 0.717) is 36.7 Å². The Kier molecular flexibility index (Phi) is 7.35. The van der Waals surface area contributed by atoms with Crippen LogP contribution >= 0.6 is 0 Å². The molecule has 29 heavy (non-hydrogen) atoms.